The fraction of sp³-hybridized carbons (Fsp3) is 0.533. The van der Waals surface area contributed by atoms with Crippen LogP contribution in [0.25, 0.3) is 0 Å². The molecule has 3 nitrogen and oxygen atoms in total. The van der Waals surface area contributed by atoms with Crippen LogP contribution in [0.1, 0.15) is 42.5 Å². The number of carbonyl (C=O) groups excluding carboxylic acids is 1. The molecule has 1 saturated heterocycles. The zero-order valence-electron chi connectivity index (χ0n) is 10.9. The molecule has 3 rings (SSSR count). The molecule has 0 radical (unpaired) electrons. The molecule has 4 heteroatoms. The highest BCUT2D eigenvalue weighted by atomic mass is 79.9. The van der Waals surface area contributed by atoms with Crippen molar-refractivity contribution in [2.24, 2.45) is 5.92 Å². The molecule has 1 aliphatic heterocycles. The molecular formula is C15H19BrN2O. The van der Waals surface area contributed by atoms with Crippen LogP contribution in [0.2, 0.25) is 0 Å². The number of rotatable bonds is 1. The van der Waals surface area contributed by atoms with E-state index in [1.807, 2.05) is 18.2 Å². The first kappa shape index (κ1) is 13.0. The molecule has 2 atom stereocenters. The molecule has 0 aromatic heterocycles. The van der Waals surface area contributed by atoms with Crippen LogP contribution in [0, 0.1) is 5.92 Å². The van der Waals surface area contributed by atoms with Gasteiger partial charge in [0.05, 0.1) is 10.0 Å². The molecule has 1 saturated carbocycles. The third kappa shape index (κ3) is 2.27. The summed E-state index contributed by atoms with van der Waals surface area (Å²) in [5, 5.41) is 0. The van der Waals surface area contributed by atoms with Crippen molar-refractivity contribution in [3.63, 3.8) is 0 Å². The van der Waals surface area contributed by atoms with E-state index in [0.29, 0.717) is 17.3 Å². The molecule has 102 valence electrons. The Hall–Kier alpha value is -1.03. The third-order valence-corrected chi connectivity index (χ3v) is 5.41. The lowest BCUT2D eigenvalue weighted by atomic mass is 9.85. The van der Waals surface area contributed by atoms with Gasteiger partial charge in [-0.1, -0.05) is 18.9 Å². The molecule has 0 spiro atoms. The minimum atomic E-state index is 0.133. The lowest BCUT2D eigenvalue weighted by molar-refractivity contribution is 0.0689. The fourth-order valence-electron chi connectivity index (χ4n) is 3.53. The van der Waals surface area contributed by atoms with E-state index >= 15 is 0 Å². The van der Waals surface area contributed by atoms with Crippen molar-refractivity contribution in [2.75, 3.05) is 12.3 Å². The van der Waals surface area contributed by atoms with Crippen LogP contribution in [0.5, 0.6) is 0 Å². The van der Waals surface area contributed by atoms with Gasteiger partial charge in [-0.05, 0) is 53.2 Å². The normalized spacial score (nSPS) is 26.3. The summed E-state index contributed by atoms with van der Waals surface area (Å²) in [5.74, 6) is 0.853. The van der Waals surface area contributed by atoms with E-state index in [1.54, 1.807) is 0 Å². The van der Waals surface area contributed by atoms with Gasteiger partial charge >= 0.3 is 0 Å². The van der Waals surface area contributed by atoms with Gasteiger partial charge in [-0.25, -0.2) is 0 Å². The number of likely N-dealkylation sites (tertiary alicyclic amines) is 1. The zero-order valence-corrected chi connectivity index (χ0v) is 12.5. The second kappa shape index (κ2) is 5.16. The highest BCUT2D eigenvalue weighted by Crippen LogP contribution is 2.37. The first-order valence-corrected chi connectivity index (χ1v) is 7.82. The molecular weight excluding hydrogens is 304 g/mol. The Bertz CT molecular complexity index is 503. The molecule has 2 fully saturated rings. The summed E-state index contributed by atoms with van der Waals surface area (Å²) in [5.41, 5.74) is 7.20. The smallest absolute Gasteiger partial charge is 0.255 e. The highest BCUT2D eigenvalue weighted by Gasteiger charge is 2.38. The minimum absolute atomic E-state index is 0.133. The van der Waals surface area contributed by atoms with Gasteiger partial charge in [-0.3, -0.25) is 4.79 Å². The fourth-order valence-corrected chi connectivity index (χ4v) is 3.96. The summed E-state index contributed by atoms with van der Waals surface area (Å²) < 4.78 is 0.735. The van der Waals surface area contributed by atoms with Crippen molar-refractivity contribution in [1.82, 2.24) is 4.90 Å². The number of anilines is 1. The zero-order chi connectivity index (χ0) is 13.4. The van der Waals surface area contributed by atoms with E-state index < -0.39 is 0 Å². The van der Waals surface area contributed by atoms with Gasteiger partial charge in [-0.15, -0.1) is 0 Å². The number of nitrogen functional groups attached to an aromatic ring is 1. The lowest BCUT2D eigenvalue weighted by Crippen LogP contribution is -2.39. The maximum absolute atomic E-state index is 12.7. The molecule has 0 bridgehead atoms. The van der Waals surface area contributed by atoms with Crippen molar-refractivity contribution in [2.45, 2.75) is 38.1 Å². The second-order valence-corrected chi connectivity index (χ2v) is 6.40. The van der Waals surface area contributed by atoms with Gasteiger partial charge in [-0.2, -0.15) is 0 Å². The SMILES string of the molecule is Nc1cccc(C(=O)N2CCC3CCCCC32)c1Br. The lowest BCUT2D eigenvalue weighted by Gasteiger charge is -2.32. The first-order chi connectivity index (χ1) is 9.18. The Morgan fingerprint density at radius 3 is 2.89 bits per heavy atom. The van der Waals surface area contributed by atoms with E-state index in [1.165, 1.54) is 19.3 Å². The minimum Gasteiger partial charge on any atom is -0.398 e. The number of fused-ring (bicyclic) bond motifs is 1. The van der Waals surface area contributed by atoms with Crippen LogP contribution in [-0.4, -0.2) is 23.4 Å². The van der Waals surface area contributed by atoms with E-state index in [2.05, 4.69) is 20.8 Å². The van der Waals surface area contributed by atoms with Gasteiger partial charge in [0.2, 0.25) is 0 Å². The summed E-state index contributed by atoms with van der Waals surface area (Å²) in [7, 11) is 0. The number of hydrogen-bond donors (Lipinski definition) is 1. The Labute approximate surface area is 122 Å². The Kier molecular flexibility index (Phi) is 3.52. The van der Waals surface area contributed by atoms with Crippen molar-refractivity contribution in [1.29, 1.82) is 0 Å². The summed E-state index contributed by atoms with van der Waals surface area (Å²) >= 11 is 3.44. The summed E-state index contributed by atoms with van der Waals surface area (Å²) in [4.78, 5) is 14.8. The van der Waals surface area contributed by atoms with Gasteiger partial charge in [0, 0.05) is 18.3 Å². The van der Waals surface area contributed by atoms with Crippen LogP contribution in [-0.2, 0) is 0 Å². The average Bonchev–Trinajstić information content (AvgIpc) is 2.85. The number of benzene rings is 1. The molecule has 1 aliphatic carbocycles. The van der Waals surface area contributed by atoms with Gasteiger partial charge in [0.1, 0.15) is 0 Å². The Balaban J connectivity index is 1.86. The summed E-state index contributed by atoms with van der Waals surface area (Å²) in [6, 6.07) is 5.98. The largest absolute Gasteiger partial charge is 0.398 e. The van der Waals surface area contributed by atoms with Gasteiger partial charge in [0.15, 0.2) is 0 Å². The first-order valence-electron chi connectivity index (χ1n) is 7.03. The van der Waals surface area contributed by atoms with Crippen molar-refractivity contribution >= 4 is 27.5 Å². The number of nitrogens with zero attached hydrogens (tertiary/aromatic N) is 1. The molecule has 1 heterocycles. The van der Waals surface area contributed by atoms with Gasteiger partial charge < -0.3 is 10.6 Å². The summed E-state index contributed by atoms with van der Waals surface area (Å²) in [6.45, 7) is 0.898. The van der Waals surface area contributed by atoms with Gasteiger partial charge in [0.25, 0.3) is 5.91 Å². The average molecular weight is 323 g/mol. The second-order valence-electron chi connectivity index (χ2n) is 5.61. The molecule has 1 aromatic carbocycles. The Morgan fingerprint density at radius 1 is 1.26 bits per heavy atom. The maximum atomic E-state index is 12.7. The monoisotopic (exact) mass is 322 g/mol. The van der Waals surface area contributed by atoms with Crippen LogP contribution >= 0.6 is 15.9 Å². The topological polar surface area (TPSA) is 46.3 Å². The molecule has 1 amide bonds. The van der Waals surface area contributed by atoms with E-state index in [4.69, 9.17) is 5.73 Å². The van der Waals surface area contributed by atoms with Crippen molar-refractivity contribution in [3.05, 3.63) is 28.2 Å². The van der Waals surface area contributed by atoms with Crippen LogP contribution < -0.4 is 5.73 Å². The quantitative estimate of drug-likeness (QED) is 0.805. The maximum Gasteiger partial charge on any atom is 0.255 e. The predicted molar refractivity (Wildman–Crippen MR) is 80.0 cm³/mol. The number of nitrogens with two attached hydrogens (primary N) is 1. The number of carbonyl (C=O) groups is 1. The molecule has 2 unspecified atom stereocenters. The molecule has 2 N–H and O–H groups in total. The highest BCUT2D eigenvalue weighted by molar-refractivity contribution is 9.10. The number of amides is 1. The van der Waals surface area contributed by atoms with E-state index in [9.17, 15) is 4.79 Å². The van der Waals surface area contributed by atoms with Crippen LogP contribution in [0.4, 0.5) is 5.69 Å². The number of halogens is 1. The number of hydrogen-bond acceptors (Lipinski definition) is 2. The summed E-state index contributed by atoms with van der Waals surface area (Å²) in [6.07, 6.45) is 6.19. The third-order valence-electron chi connectivity index (χ3n) is 4.53. The Morgan fingerprint density at radius 2 is 2.05 bits per heavy atom. The van der Waals surface area contributed by atoms with E-state index in [-0.39, 0.29) is 5.91 Å². The van der Waals surface area contributed by atoms with Crippen molar-refractivity contribution in [3.8, 4) is 0 Å². The standard InChI is InChI=1S/C15H19BrN2O/c16-14-11(5-3-6-12(14)17)15(19)18-9-8-10-4-1-2-7-13(10)18/h3,5-6,10,13H,1-2,4,7-9,17H2. The molecule has 1 aromatic rings. The molecule has 2 aliphatic rings. The van der Waals surface area contributed by atoms with E-state index in [0.717, 1.165) is 29.8 Å². The predicted octanol–water partition coefficient (Wildman–Crippen LogP) is 3.44. The van der Waals surface area contributed by atoms with Crippen molar-refractivity contribution < 1.29 is 4.79 Å². The molecule has 19 heavy (non-hydrogen) atoms. The van der Waals surface area contributed by atoms with Crippen LogP contribution in [0.3, 0.4) is 0 Å². The van der Waals surface area contributed by atoms with Crippen LogP contribution in [0.15, 0.2) is 22.7 Å².